The van der Waals surface area contributed by atoms with Gasteiger partial charge in [-0.3, -0.25) is 0 Å². The number of rotatable bonds is 4. The van der Waals surface area contributed by atoms with Crippen LogP contribution in [0.1, 0.15) is 0 Å². The molecule has 0 unspecified atom stereocenters. The van der Waals surface area contributed by atoms with Crippen molar-refractivity contribution in [2.24, 2.45) is 0 Å². The quantitative estimate of drug-likeness (QED) is 0.800. The molecule has 0 heterocycles. The van der Waals surface area contributed by atoms with Gasteiger partial charge in [0.15, 0.2) is 0 Å². The van der Waals surface area contributed by atoms with Gasteiger partial charge >= 0.3 is 0 Å². The molecule has 5 heteroatoms. The summed E-state index contributed by atoms with van der Waals surface area (Å²) in [7, 11) is -3.42. The average Bonchev–Trinajstić information content (AvgIpc) is 2.47. The second-order valence-electron chi connectivity index (χ2n) is 3.83. The van der Waals surface area contributed by atoms with Crippen molar-refractivity contribution < 1.29 is 8.42 Å². The fourth-order valence-electron chi connectivity index (χ4n) is 1.72. The molecular weight excluding hydrogens is 296 g/mol. The van der Waals surface area contributed by atoms with E-state index < -0.39 is 9.84 Å². The van der Waals surface area contributed by atoms with Gasteiger partial charge in [0.05, 0.1) is 9.79 Å². The molecule has 0 aliphatic rings. The molecule has 0 aliphatic heterocycles. The van der Waals surface area contributed by atoms with Crippen LogP contribution in [0.3, 0.4) is 0 Å². The summed E-state index contributed by atoms with van der Waals surface area (Å²) in [4.78, 5) is 2.77. The molecule has 0 saturated heterocycles. The van der Waals surface area contributed by atoms with Gasteiger partial charge < -0.3 is 0 Å². The van der Waals surface area contributed by atoms with Crippen molar-refractivity contribution in [1.82, 2.24) is 0 Å². The summed E-state index contributed by atoms with van der Waals surface area (Å²) in [5, 5.41) is 0. The zero-order valence-electron chi connectivity index (χ0n) is 10.7. The second-order valence-corrected chi connectivity index (χ2v) is 7.48. The molecule has 0 N–H and O–H groups in total. The lowest BCUT2D eigenvalue weighted by atomic mass is 10.4. The van der Waals surface area contributed by atoms with E-state index in [9.17, 15) is 8.42 Å². The second kappa shape index (κ2) is 6.03. The summed E-state index contributed by atoms with van der Waals surface area (Å²) in [6.07, 6.45) is 3.94. The maximum Gasteiger partial charge on any atom is 0.206 e. The fourth-order valence-corrected chi connectivity index (χ4v) is 4.58. The van der Waals surface area contributed by atoms with Crippen LogP contribution in [0.15, 0.2) is 68.1 Å². The smallest absolute Gasteiger partial charge is 0.206 e. The monoisotopic (exact) mass is 310 g/mol. The predicted octanol–water partition coefficient (Wildman–Crippen LogP) is 3.96. The van der Waals surface area contributed by atoms with Gasteiger partial charge in [-0.05, 0) is 42.8 Å². The largest absolute Gasteiger partial charge is 0.219 e. The number of hydrogen-bond acceptors (Lipinski definition) is 4. The molecule has 19 heavy (non-hydrogen) atoms. The number of hydrogen-bond donors (Lipinski definition) is 0. The van der Waals surface area contributed by atoms with Crippen molar-refractivity contribution >= 4 is 33.4 Å². The minimum Gasteiger partial charge on any atom is -0.219 e. The van der Waals surface area contributed by atoms with E-state index in [1.807, 2.05) is 24.6 Å². The maximum absolute atomic E-state index is 12.5. The van der Waals surface area contributed by atoms with E-state index in [-0.39, 0.29) is 0 Å². The van der Waals surface area contributed by atoms with Crippen molar-refractivity contribution in [1.29, 1.82) is 0 Å². The highest BCUT2D eigenvalue weighted by atomic mass is 32.2. The molecule has 0 amide bonds. The highest BCUT2D eigenvalue weighted by Gasteiger charge is 2.18. The summed E-state index contributed by atoms with van der Waals surface area (Å²) in [5.74, 6) is 0. The molecule has 0 fully saturated rings. The van der Waals surface area contributed by atoms with Gasteiger partial charge in [0, 0.05) is 9.79 Å². The first kappa shape index (κ1) is 14.5. The molecule has 0 radical (unpaired) electrons. The summed E-state index contributed by atoms with van der Waals surface area (Å²) < 4.78 is 25.0. The predicted molar refractivity (Wildman–Crippen MR) is 81.9 cm³/mol. The lowest BCUT2D eigenvalue weighted by molar-refractivity contribution is 0.595. The minimum absolute atomic E-state index is 0.332. The van der Waals surface area contributed by atoms with E-state index in [0.29, 0.717) is 9.79 Å². The number of thioether (sulfide) groups is 2. The van der Waals surface area contributed by atoms with Crippen molar-refractivity contribution in [2.75, 3.05) is 12.5 Å². The number of sulfone groups is 1. The Morgan fingerprint density at radius 2 is 1.42 bits per heavy atom. The van der Waals surface area contributed by atoms with Gasteiger partial charge in [-0.15, -0.1) is 23.5 Å². The SMILES string of the molecule is CSc1ccc(S(=O)(=O)c2ccccc2)cc1SC. The molecule has 0 spiro atoms. The van der Waals surface area contributed by atoms with Crippen molar-refractivity contribution in [2.45, 2.75) is 19.6 Å². The zero-order valence-corrected chi connectivity index (χ0v) is 13.1. The first-order valence-corrected chi connectivity index (χ1v) is 9.55. The number of benzene rings is 2. The standard InChI is InChI=1S/C14H14O2S3/c1-17-13-9-8-12(10-14(13)18-2)19(15,16)11-6-4-3-5-7-11/h3-10H,1-2H3. The van der Waals surface area contributed by atoms with E-state index in [1.165, 1.54) is 0 Å². The van der Waals surface area contributed by atoms with Gasteiger partial charge in [-0.1, -0.05) is 18.2 Å². The van der Waals surface area contributed by atoms with Crippen molar-refractivity contribution in [3.8, 4) is 0 Å². The molecule has 0 bridgehead atoms. The molecule has 0 atom stereocenters. The van der Waals surface area contributed by atoms with Crippen LogP contribution < -0.4 is 0 Å². The van der Waals surface area contributed by atoms with E-state index in [1.54, 1.807) is 59.9 Å². The molecule has 100 valence electrons. The van der Waals surface area contributed by atoms with Gasteiger partial charge in [0.1, 0.15) is 0 Å². The average molecular weight is 310 g/mol. The zero-order chi connectivity index (χ0) is 13.9. The van der Waals surface area contributed by atoms with Gasteiger partial charge in [-0.25, -0.2) is 8.42 Å². The normalized spacial score (nSPS) is 11.5. The third-order valence-electron chi connectivity index (χ3n) is 2.72. The van der Waals surface area contributed by atoms with E-state index in [4.69, 9.17) is 0 Å². The van der Waals surface area contributed by atoms with Gasteiger partial charge in [0.25, 0.3) is 0 Å². The van der Waals surface area contributed by atoms with Crippen LogP contribution in [0.25, 0.3) is 0 Å². The molecule has 2 nitrogen and oxygen atoms in total. The topological polar surface area (TPSA) is 34.1 Å². The van der Waals surface area contributed by atoms with Gasteiger partial charge in [0.2, 0.25) is 9.84 Å². The lowest BCUT2D eigenvalue weighted by Crippen LogP contribution is -2.02. The Labute approximate surface area is 122 Å². The Morgan fingerprint density at radius 3 is 2.00 bits per heavy atom. The summed E-state index contributed by atoms with van der Waals surface area (Å²) in [5.41, 5.74) is 0. The minimum atomic E-state index is -3.42. The summed E-state index contributed by atoms with van der Waals surface area (Å²) in [6.45, 7) is 0. The Kier molecular flexibility index (Phi) is 4.60. The van der Waals surface area contributed by atoms with E-state index in [2.05, 4.69) is 0 Å². The maximum atomic E-state index is 12.5. The summed E-state index contributed by atoms with van der Waals surface area (Å²) >= 11 is 3.18. The Hall–Kier alpha value is -0.910. The molecule has 0 saturated carbocycles. The van der Waals surface area contributed by atoms with Gasteiger partial charge in [-0.2, -0.15) is 0 Å². The van der Waals surface area contributed by atoms with Crippen molar-refractivity contribution in [3.05, 3.63) is 48.5 Å². The first-order chi connectivity index (χ1) is 9.09. The van der Waals surface area contributed by atoms with Crippen molar-refractivity contribution in [3.63, 3.8) is 0 Å². The summed E-state index contributed by atoms with van der Waals surface area (Å²) in [6, 6.07) is 13.8. The van der Waals surface area contributed by atoms with E-state index >= 15 is 0 Å². The molecule has 2 aromatic carbocycles. The Morgan fingerprint density at radius 1 is 0.789 bits per heavy atom. The molecular formula is C14H14O2S3. The lowest BCUT2D eigenvalue weighted by Gasteiger charge is -2.09. The van der Waals surface area contributed by atoms with E-state index in [0.717, 1.165) is 9.79 Å². The van der Waals surface area contributed by atoms with Crippen LogP contribution in [0.2, 0.25) is 0 Å². The van der Waals surface area contributed by atoms with Crippen LogP contribution >= 0.6 is 23.5 Å². The van der Waals surface area contributed by atoms with Crippen LogP contribution in [0.5, 0.6) is 0 Å². The Balaban J connectivity index is 2.53. The fraction of sp³-hybridized carbons (Fsp3) is 0.143. The van der Waals surface area contributed by atoms with Crippen LogP contribution in [-0.2, 0) is 9.84 Å². The molecule has 2 aromatic rings. The highest BCUT2D eigenvalue weighted by molar-refractivity contribution is 8.01. The van der Waals surface area contributed by atoms with Crippen LogP contribution in [-0.4, -0.2) is 20.9 Å². The molecule has 0 aromatic heterocycles. The molecule has 0 aliphatic carbocycles. The van der Waals surface area contributed by atoms with Crippen LogP contribution in [0, 0.1) is 0 Å². The third-order valence-corrected chi connectivity index (χ3v) is 6.19. The third kappa shape index (κ3) is 2.99. The van der Waals surface area contributed by atoms with Crippen LogP contribution in [0.4, 0.5) is 0 Å². The first-order valence-electron chi connectivity index (χ1n) is 5.62. The Bertz CT molecular complexity index is 664. The molecule has 2 rings (SSSR count). The highest BCUT2D eigenvalue weighted by Crippen LogP contribution is 2.32.